The second-order valence-electron chi connectivity index (χ2n) is 7.35. The minimum absolute atomic E-state index is 0.109. The van der Waals surface area contributed by atoms with Gasteiger partial charge in [0.25, 0.3) is 5.91 Å². The van der Waals surface area contributed by atoms with Crippen molar-refractivity contribution in [1.29, 1.82) is 0 Å². The van der Waals surface area contributed by atoms with Crippen molar-refractivity contribution in [2.24, 2.45) is 13.0 Å². The quantitative estimate of drug-likeness (QED) is 0.436. The fraction of sp³-hybridized carbons (Fsp3) is 0.400. The molecule has 0 bridgehead atoms. The van der Waals surface area contributed by atoms with Gasteiger partial charge in [-0.05, 0) is 49.8 Å². The zero-order valence-corrected chi connectivity index (χ0v) is 18.4. The molecule has 1 amide bonds. The SMILES string of the molecule is Cc1nn(C)cc1SNC(=O)c1ccc(-n2ccc(OCC3CCCC3)n2)nc1Cl. The number of hydrogen-bond donors (Lipinski definition) is 1. The predicted molar refractivity (Wildman–Crippen MR) is 115 cm³/mol. The molecule has 0 saturated heterocycles. The van der Waals surface area contributed by atoms with E-state index in [4.69, 9.17) is 16.3 Å². The van der Waals surface area contributed by atoms with Gasteiger partial charge in [-0.2, -0.15) is 5.10 Å². The van der Waals surface area contributed by atoms with E-state index in [2.05, 4.69) is 19.9 Å². The molecule has 0 radical (unpaired) electrons. The zero-order chi connectivity index (χ0) is 21.1. The molecule has 10 heteroatoms. The van der Waals surface area contributed by atoms with Gasteiger partial charge in [-0.1, -0.05) is 24.4 Å². The number of pyridine rings is 1. The van der Waals surface area contributed by atoms with Crippen molar-refractivity contribution in [2.45, 2.75) is 37.5 Å². The third-order valence-electron chi connectivity index (χ3n) is 5.04. The van der Waals surface area contributed by atoms with E-state index in [-0.39, 0.29) is 11.1 Å². The van der Waals surface area contributed by atoms with Gasteiger partial charge in [0.15, 0.2) is 5.82 Å². The van der Waals surface area contributed by atoms with Crippen molar-refractivity contribution >= 4 is 29.5 Å². The molecule has 3 heterocycles. The molecule has 0 unspecified atom stereocenters. The van der Waals surface area contributed by atoms with Crippen LogP contribution in [-0.2, 0) is 7.05 Å². The highest BCUT2D eigenvalue weighted by atomic mass is 35.5. The standard InChI is InChI=1S/C20H23ClN6O2S/c1-13-16(11-26(2)23-13)30-25-20(28)15-7-8-17(22-19(15)21)27-10-9-18(24-27)29-12-14-5-3-4-6-14/h7-11,14H,3-6,12H2,1-2H3,(H,25,28). The number of aryl methyl sites for hydroxylation is 2. The van der Waals surface area contributed by atoms with Crippen LogP contribution in [0, 0.1) is 12.8 Å². The van der Waals surface area contributed by atoms with Crippen LogP contribution < -0.4 is 9.46 Å². The molecule has 1 N–H and O–H groups in total. The van der Waals surface area contributed by atoms with E-state index in [1.54, 1.807) is 33.8 Å². The fourth-order valence-electron chi connectivity index (χ4n) is 3.45. The fourth-order valence-corrected chi connectivity index (χ4v) is 4.39. The summed E-state index contributed by atoms with van der Waals surface area (Å²) in [6.07, 6.45) is 8.62. The third-order valence-corrected chi connectivity index (χ3v) is 6.24. The summed E-state index contributed by atoms with van der Waals surface area (Å²) in [6, 6.07) is 5.14. The average molecular weight is 447 g/mol. The lowest BCUT2D eigenvalue weighted by Crippen LogP contribution is -2.17. The number of aromatic nitrogens is 5. The molecule has 3 aromatic heterocycles. The Hall–Kier alpha value is -2.52. The van der Waals surface area contributed by atoms with Crippen molar-refractivity contribution in [1.82, 2.24) is 29.3 Å². The number of rotatable bonds is 7. The Labute approximate surface area is 184 Å². The van der Waals surface area contributed by atoms with E-state index in [1.807, 2.05) is 20.2 Å². The van der Waals surface area contributed by atoms with Gasteiger partial charge < -0.3 is 4.74 Å². The summed E-state index contributed by atoms with van der Waals surface area (Å²) in [5, 5.41) is 8.76. The summed E-state index contributed by atoms with van der Waals surface area (Å²) < 4.78 is 11.9. The Balaban J connectivity index is 1.38. The second-order valence-corrected chi connectivity index (χ2v) is 8.56. The predicted octanol–water partition coefficient (Wildman–Crippen LogP) is 3.97. The first-order valence-electron chi connectivity index (χ1n) is 9.82. The van der Waals surface area contributed by atoms with Crippen LogP contribution >= 0.6 is 23.5 Å². The van der Waals surface area contributed by atoms with Gasteiger partial charge >= 0.3 is 0 Å². The van der Waals surface area contributed by atoms with E-state index in [1.165, 1.54) is 37.6 Å². The molecular formula is C20H23ClN6O2S. The minimum atomic E-state index is -0.326. The van der Waals surface area contributed by atoms with Crippen LogP contribution in [0.4, 0.5) is 0 Å². The van der Waals surface area contributed by atoms with E-state index in [0.717, 1.165) is 10.6 Å². The number of nitrogens with zero attached hydrogens (tertiary/aromatic N) is 5. The lowest BCUT2D eigenvalue weighted by molar-refractivity contribution is 0.0984. The number of carbonyl (C=O) groups excluding carboxylic acids is 1. The first kappa shape index (κ1) is 20.7. The van der Waals surface area contributed by atoms with Gasteiger partial charge in [0.1, 0.15) is 5.15 Å². The van der Waals surface area contributed by atoms with Crippen LogP contribution in [0.25, 0.3) is 5.82 Å². The average Bonchev–Trinajstić information content (AvgIpc) is 3.46. The molecule has 0 atom stereocenters. The molecule has 8 nitrogen and oxygen atoms in total. The van der Waals surface area contributed by atoms with Crippen molar-refractivity contribution in [2.75, 3.05) is 6.61 Å². The Bertz CT molecular complexity index is 1040. The van der Waals surface area contributed by atoms with Crippen LogP contribution in [-0.4, -0.2) is 37.1 Å². The highest BCUT2D eigenvalue weighted by Gasteiger charge is 2.17. The Morgan fingerprint density at radius 1 is 1.30 bits per heavy atom. The van der Waals surface area contributed by atoms with Gasteiger partial charge in [0, 0.05) is 25.5 Å². The molecule has 0 aromatic carbocycles. The monoisotopic (exact) mass is 446 g/mol. The minimum Gasteiger partial charge on any atom is -0.476 e. The summed E-state index contributed by atoms with van der Waals surface area (Å²) in [6.45, 7) is 2.58. The molecule has 30 heavy (non-hydrogen) atoms. The van der Waals surface area contributed by atoms with Gasteiger partial charge in [-0.15, -0.1) is 5.10 Å². The summed E-state index contributed by atoms with van der Waals surface area (Å²) in [7, 11) is 1.83. The summed E-state index contributed by atoms with van der Waals surface area (Å²) in [5.41, 5.74) is 1.13. The normalized spacial score (nSPS) is 14.2. The Morgan fingerprint density at radius 2 is 2.10 bits per heavy atom. The molecule has 0 aliphatic heterocycles. The van der Waals surface area contributed by atoms with E-state index in [9.17, 15) is 4.79 Å². The molecule has 1 fully saturated rings. The topological polar surface area (TPSA) is 86.9 Å². The first-order chi connectivity index (χ1) is 14.5. The van der Waals surface area contributed by atoms with E-state index >= 15 is 0 Å². The number of ether oxygens (including phenoxy) is 1. The third kappa shape index (κ3) is 4.79. The molecular weight excluding hydrogens is 424 g/mol. The van der Waals surface area contributed by atoms with E-state index in [0.29, 0.717) is 29.8 Å². The number of nitrogens with one attached hydrogen (secondary N) is 1. The number of hydrogen-bond acceptors (Lipinski definition) is 6. The molecule has 1 aliphatic rings. The van der Waals surface area contributed by atoms with Crippen LogP contribution in [0.2, 0.25) is 5.15 Å². The van der Waals surface area contributed by atoms with Crippen molar-refractivity contribution in [3.63, 3.8) is 0 Å². The lowest BCUT2D eigenvalue weighted by Gasteiger charge is -2.09. The van der Waals surface area contributed by atoms with E-state index < -0.39 is 0 Å². The maximum absolute atomic E-state index is 12.5. The van der Waals surface area contributed by atoms with Gasteiger partial charge in [0.2, 0.25) is 5.88 Å². The van der Waals surface area contributed by atoms with Crippen LogP contribution in [0.1, 0.15) is 41.7 Å². The summed E-state index contributed by atoms with van der Waals surface area (Å²) in [5.74, 6) is 1.37. The molecule has 158 valence electrons. The van der Waals surface area contributed by atoms with Crippen LogP contribution in [0.15, 0.2) is 35.5 Å². The smallest absolute Gasteiger partial charge is 0.264 e. The summed E-state index contributed by atoms with van der Waals surface area (Å²) >= 11 is 7.47. The summed E-state index contributed by atoms with van der Waals surface area (Å²) in [4.78, 5) is 17.7. The maximum atomic E-state index is 12.5. The lowest BCUT2D eigenvalue weighted by atomic mass is 10.1. The maximum Gasteiger partial charge on any atom is 0.264 e. The van der Waals surface area contributed by atoms with Crippen molar-refractivity contribution < 1.29 is 9.53 Å². The second kappa shape index (κ2) is 9.09. The largest absolute Gasteiger partial charge is 0.476 e. The number of halogens is 1. The zero-order valence-electron chi connectivity index (χ0n) is 16.8. The van der Waals surface area contributed by atoms with Crippen molar-refractivity contribution in [3.8, 4) is 11.7 Å². The Morgan fingerprint density at radius 3 is 2.80 bits per heavy atom. The molecule has 4 rings (SSSR count). The van der Waals surface area contributed by atoms with Crippen molar-refractivity contribution in [3.05, 3.63) is 47.0 Å². The molecule has 3 aromatic rings. The van der Waals surface area contributed by atoms with Crippen LogP contribution in [0.3, 0.4) is 0 Å². The van der Waals surface area contributed by atoms with Gasteiger partial charge in [-0.25, -0.2) is 9.67 Å². The molecule has 1 aliphatic carbocycles. The number of amides is 1. The van der Waals surface area contributed by atoms with Crippen LogP contribution in [0.5, 0.6) is 5.88 Å². The number of carbonyl (C=O) groups is 1. The molecule has 1 saturated carbocycles. The van der Waals surface area contributed by atoms with Gasteiger partial charge in [0.05, 0.1) is 22.8 Å². The first-order valence-corrected chi connectivity index (χ1v) is 11.0. The molecule has 0 spiro atoms. The van der Waals surface area contributed by atoms with Gasteiger partial charge in [-0.3, -0.25) is 14.2 Å². The Kier molecular flexibility index (Phi) is 6.29. The highest BCUT2D eigenvalue weighted by Crippen LogP contribution is 2.25. The highest BCUT2D eigenvalue weighted by molar-refractivity contribution is 7.98.